The monoisotopic (exact) mass is 325 g/mol. The molecule has 1 saturated heterocycles. The lowest BCUT2D eigenvalue weighted by Crippen LogP contribution is -2.48. The van der Waals surface area contributed by atoms with Gasteiger partial charge < -0.3 is 10.6 Å². The SMILES string of the molecule is CNC(CC(C)N1CCNCC1)c1cccc(Br)c1. The Labute approximate surface area is 124 Å². The molecule has 1 fully saturated rings. The maximum atomic E-state index is 3.56. The number of nitrogens with one attached hydrogen (secondary N) is 2. The lowest BCUT2D eigenvalue weighted by atomic mass is 9.99. The molecule has 0 radical (unpaired) electrons. The number of hydrogen-bond acceptors (Lipinski definition) is 3. The van der Waals surface area contributed by atoms with Crippen LogP contribution < -0.4 is 10.6 Å². The van der Waals surface area contributed by atoms with E-state index in [2.05, 4.69) is 69.7 Å². The maximum absolute atomic E-state index is 3.56. The quantitative estimate of drug-likeness (QED) is 0.870. The van der Waals surface area contributed by atoms with Gasteiger partial charge in [-0.1, -0.05) is 28.1 Å². The number of rotatable bonds is 5. The Kier molecular flexibility index (Phi) is 5.82. The Bertz CT molecular complexity index is 391. The van der Waals surface area contributed by atoms with Crippen molar-refractivity contribution < 1.29 is 0 Å². The number of piperazine rings is 1. The van der Waals surface area contributed by atoms with Gasteiger partial charge in [0, 0.05) is 42.7 Å². The summed E-state index contributed by atoms with van der Waals surface area (Å²) in [6.07, 6.45) is 1.15. The topological polar surface area (TPSA) is 27.3 Å². The third-order valence-corrected chi connectivity index (χ3v) is 4.44. The zero-order chi connectivity index (χ0) is 13.7. The van der Waals surface area contributed by atoms with Crippen LogP contribution in [0, 0.1) is 0 Å². The summed E-state index contributed by atoms with van der Waals surface area (Å²) in [5.74, 6) is 0. The van der Waals surface area contributed by atoms with Crippen molar-refractivity contribution in [1.82, 2.24) is 15.5 Å². The van der Waals surface area contributed by atoms with E-state index < -0.39 is 0 Å². The number of benzene rings is 1. The first kappa shape index (κ1) is 15.0. The Balaban J connectivity index is 1.98. The first-order chi connectivity index (χ1) is 9.20. The van der Waals surface area contributed by atoms with Gasteiger partial charge in [-0.25, -0.2) is 0 Å². The van der Waals surface area contributed by atoms with Crippen LogP contribution in [0.15, 0.2) is 28.7 Å². The predicted molar refractivity (Wildman–Crippen MR) is 84.5 cm³/mol. The molecular formula is C15H24BrN3. The highest BCUT2D eigenvalue weighted by molar-refractivity contribution is 9.10. The highest BCUT2D eigenvalue weighted by Gasteiger charge is 2.20. The Morgan fingerprint density at radius 3 is 2.74 bits per heavy atom. The molecule has 2 N–H and O–H groups in total. The van der Waals surface area contributed by atoms with Gasteiger partial charge in [-0.3, -0.25) is 4.90 Å². The van der Waals surface area contributed by atoms with Gasteiger partial charge in [0.2, 0.25) is 0 Å². The molecule has 0 bridgehead atoms. The standard InChI is InChI=1S/C15H24BrN3/c1-12(19-8-6-18-7-9-19)10-15(17-2)13-4-3-5-14(16)11-13/h3-5,11-12,15,17-18H,6-10H2,1-2H3. The van der Waals surface area contributed by atoms with E-state index in [1.54, 1.807) is 0 Å². The minimum absolute atomic E-state index is 0.419. The number of halogens is 1. The molecule has 0 saturated carbocycles. The van der Waals surface area contributed by atoms with Crippen molar-refractivity contribution in [2.24, 2.45) is 0 Å². The fourth-order valence-electron chi connectivity index (χ4n) is 2.76. The van der Waals surface area contributed by atoms with E-state index in [1.807, 2.05) is 0 Å². The molecule has 1 aliphatic rings. The van der Waals surface area contributed by atoms with E-state index >= 15 is 0 Å². The summed E-state index contributed by atoms with van der Waals surface area (Å²) < 4.78 is 1.15. The molecule has 1 aromatic carbocycles. The summed E-state index contributed by atoms with van der Waals surface area (Å²) in [4.78, 5) is 2.58. The van der Waals surface area contributed by atoms with Crippen molar-refractivity contribution in [3.05, 3.63) is 34.3 Å². The van der Waals surface area contributed by atoms with Crippen molar-refractivity contribution in [2.45, 2.75) is 25.4 Å². The molecule has 0 spiro atoms. The smallest absolute Gasteiger partial charge is 0.0332 e. The minimum atomic E-state index is 0.419. The zero-order valence-corrected chi connectivity index (χ0v) is 13.4. The first-order valence-corrected chi connectivity index (χ1v) is 7.87. The highest BCUT2D eigenvalue weighted by atomic mass is 79.9. The van der Waals surface area contributed by atoms with Gasteiger partial charge in [0.1, 0.15) is 0 Å². The average Bonchev–Trinajstić information content (AvgIpc) is 2.45. The lowest BCUT2D eigenvalue weighted by Gasteiger charge is -2.34. The normalized spacial score (nSPS) is 20.2. The van der Waals surface area contributed by atoms with Crippen molar-refractivity contribution >= 4 is 15.9 Å². The van der Waals surface area contributed by atoms with Crippen LogP contribution in [-0.2, 0) is 0 Å². The van der Waals surface area contributed by atoms with Gasteiger partial charge in [-0.15, -0.1) is 0 Å². The van der Waals surface area contributed by atoms with Crippen molar-refractivity contribution in [3.8, 4) is 0 Å². The number of hydrogen-bond donors (Lipinski definition) is 2. The summed E-state index contributed by atoms with van der Waals surface area (Å²) in [7, 11) is 2.05. The van der Waals surface area contributed by atoms with E-state index in [4.69, 9.17) is 0 Å². The van der Waals surface area contributed by atoms with Gasteiger partial charge in [0.25, 0.3) is 0 Å². The summed E-state index contributed by atoms with van der Waals surface area (Å²) in [5.41, 5.74) is 1.36. The summed E-state index contributed by atoms with van der Waals surface area (Å²) in [5, 5.41) is 6.86. The second-order valence-electron chi connectivity index (χ2n) is 5.27. The Hall–Kier alpha value is -0.420. The third-order valence-electron chi connectivity index (χ3n) is 3.95. The van der Waals surface area contributed by atoms with Crippen LogP contribution in [0.2, 0.25) is 0 Å². The van der Waals surface area contributed by atoms with Gasteiger partial charge in [0.15, 0.2) is 0 Å². The van der Waals surface area contributed by atoms with Crippen LogP contribution in [0.4, 0.5) is 0 Å². The molecule has 0 aromatic heterocycles. The molecule has 4 heteroatoms. The Morgan fingerprint density at radius 2 is 2.11 bits per heavy atom. The van der Waals surface area contributed by atoms with E-state index in [0.717, 1.165) is 37.1 Å². The van der Waals surface area contributed by atoms with Gasteiger partial charge >= 0.3 is 0 Å². The molecule has 106 valence electrons. The summed E-state index contributed by atoms with van der Waals surface area (Å²) in [6, 6.07) is 9.64. The van der Waals surface area contributed by atoms with Crippen molar-refractivity contribution in [2.75, 3.05) is 33.2 Å². The third kappa shape index (κ3) is 4.28. The van der Waals surface area contributed by atoms with Crippen molar-refractivity contribution in [3.63, 3.8) is 0 Å². The van der Waals surface area contributed by atoms with Crippen LogP contribution in [0.3, 0.4) is 0 Å². The van der Waals surface area contributed by atoms with E-state index in [0.29, 0.717) is 12.1 Å². The van der Waals surface area contributed by atoms with Crippen LogP contribution in [0.25, 0.3) is 0 Å². The molecule has 19 heavy (non-hydrogen) atoms. The van der Waals surface area contributed by atoms with Crippen LogP contribution >= 0.6 is 15.9 Å². The van der Waals surface area contributed by atoms with Crippen LogP contribution in [0.5, 0.6) is 0 Å². The maximum Gasteiger partial charge on any atom is 0.0332 e. The molecule has 0 aliphatic carbocycles. The van der Waals surface area contributed by atoms with Gasteiger partial charge in [0.05, 0.1) is 0 Å². The van der Waals surface area contributed by atoms with Crippen LogP contribution in [0.1, 0.15) is 24.9 Å². The molecule has 0 amide bonds. The second kappa shape index (κ2) is 7.39. The van der Waals surface area contributed by atoms with Gasteiger partial charge in [-0.05, 0) is 38.1 Å². The molecule has 2 unspecified atom stereocenters. The minimum Gasteiger partial charge on any atom is -0.314 e. The van der Waals surface area contributed by atoms with E-state index in [9.17, 15) is 0 Å². The molecule has 1 aliphatic heterocycles. The highest BCUT2D eigenvalue weighted by Crippen LogP contribution is 2.23. The van der Waals surface area contributed by atoms with E-state index in [1.165, 1.54) is 5.56 Å². The lowest BCUT2D eigenvalue weighted by molar-refractivity contribution is 0.167. The van der Waals surface area contributed by atoms with Crippen LogP contribution in [-0.4, -0.2) is 44.2 Å². The molecule has 1 heterocycles. The number of nitrogens with zero attached hydrogens (tertiary/aromatic N) is 1. The molecule has 3 nitrogen and oxygen atoms in total. The largest absolute Gasteiger partial charge is 0.314 e. The molecule has 2 atom stereocenters. The summed E-state index contributed by atoms with van der Waals surface area (Å²) in [6.45, 7) is 6.90. The molecule has 2 rings (SSSR count). The molecular weight excluding hydrogens is 302 g/mol. The predicted octanol–water partition coefficient (Wildman–Crippen LogP) is 2.39. The van der Waals surface area contributed by atoms with Crippen molar-refractivity contribution in [1.29, 1.82) is 0 Å². The second-order valence-corrected chi connectivity index (χ2v) is 6.18. The van der Waals surface area contributed by atoms with Gasteiger partial charge in [-0.2, -0.15) is 0 Å². The Morgan fingerprint density at radius 1 is 1.37 bits per heavy atom. The summed E-state index contributed by atoms with van der Waals surface area (Å²) >= 11 is 3.56. The van der Waals surface area contributed by atoms with E-state index in [-0.39, 0.29) is 0 Å². The zero-order valence-electron chi connectivity index (χ0n) is 11.8. The fourth-order valence-corrected chi connectivity index (χ4v) is 3.17. The average molecular weight is 326 g/mol. The fraction of sp³-hybridized carbons (Fsp3) is 0.600. The first-order valence-electron chi connectivity index (χ1n) is 7.08. The molecule has 1 aromatic rings.